The third-order valence-corrected chi connectivity index (χ3v) is 6.84. The molecule has 0 bridgehead atoms. The Hall–Kier alpha value is -2.07. The van der Waals surface area contributed by atoms with Crippen LogP contribution in [0, 0.1) is 0 Å². The molecule has 8 nitrogen and oxygen atoms in total. The third kappa shape index (κ3) is 6.43. The second-order valence-electron chi connectivity index (χ2n) is 8.68. The van der Waals surface area contributed by atoms with E-state index in [2.05, 4.69) is 20.2 Å². The van der Waals surface area contributed by atoms with E-state index in [9.17, 15) is 5.11 Å². The van der Waals surface area contributed by atoms with Gasteiger partial charge in [-0.2, -0.15) is 0 Å². The summed E-state index contributed by atoms with van der Waals surface area (Å²) < 4.78 is 16.5. The number of pyridine rings is 2. The summed E-state index contributed by atoms with van der Waals surface area (Å²) in [5, 5.41) is 15.9. The number of aliphatic hydroxyl groups is 1. The molecule has 1 saturated heterocycles. The summed E-state index contributed by atoms with van der Waals surface area (Å²) in [4.78, 5) is 11.2. The van der Waals surface area contributed by atoms with E-state index >= 15 is 0 Å². The molecule has 196 valence electrons. The van der Waals surface area contributed by atoms with E-state index in [4.69, 9.17) is 25.8 Å². The lowest BCUT2D eigenvalue weighted by Crippen LogP contribution is -2.52. The van der Waals surface area contributed by atoms with Gasteiger partial charge in [-0.1, -0.05) is 11.6 Å². The molecule has 3 aromatic rings. The molecular formula is C25H31Cl3N4O4. The van der Waals surface area contributed by atoms with E-state index in [-0.39, 0.29) is 30.9 Å². The number of benzene rings is 1. The number of piperidine rings is 1. The average molecular weight is 558 g/mol. The molecule has 0 unspecified atom stereocenters. The lowest BCUT2D eigenvalue weighted by atomic mass is 10.00. The molecule has 2 aliphatic heterocycles. The molecule has 1 aromatic carbocycles. The summed E-state index contributed by atoms with van der Waals surface area (Å²) in [5.41, 5.74) is 2.83. The average Bonchev–Trinajstić information content (AvgIpc) is 2.87. The topological polar surface area (TPSA) is 89.0 Å². The Morgan fingerprint density at radius 2 is 1.94 bits per heavy atom. The highest BCUT2D eigenvalue weighted by Crippen LogP contribution is 2.30. The molecule has 2 aliphatic rings. The monoisotopic (exact) mass is 556 g/mol. The molecule has 11 heteroatoms. The van der Waals surface area contributed by atoms with Gasteiger partial charge in [0, 0.05) is 43.3 Å². The van der Waals surface area contributed by atoms with Gasteiger partial charge >= 0.3 is 0 Å². The number of likely N-dealkylation sites (tertiary alicyclic amines) is 1. The molecule has 0 radical (unpaired) electrons. The van der Waals surface area contributed by atoms with Crippen LogP contribution in [0.2, 0.25) is 5.02 Å². The van der Waals surface area contributed by atoms with Gasteiger partial charge in [0.2, 0.25) is 0 Å². The van der Waals surface area contributed by atoms with E-state index < -0.39 is 6.10 Å². The summed E-state index contributed by atoms with van der Waals surface area (Å²) in [5.74, 6) is 2.20. The van der Waals surface area contributed by atoms with Gasteiger partial charge in [-0.3, -0.25) is 9.97 Å². The van der Waals surface area contributed by atoms with Crippen LogP contribution in [0.15, 0.2) is 36.7 Å². The molecule has 36 heavy (non-hydrogen) atoms. The minimum atomic E-state index is -0.462. The zero-order chi connectivity index (χ0) is 23.5. The van der Waals surface area contributed by atoms with Crippen LogP contribution in [-0.4, -0.2) is 72.1 Å². The molecule has 0 amide bonds. The van der Waals surface area contributed by atoms with Crippen molar-refractivity contribution >= 4 is 47.3 Å². The highest BCUT2D eigenvalue weighted by Gasteiger charge is 2.27. The summed E-state index contributed by atoms with van der Waals surface area (Å²) in [6.07, 6.45) is 4.58. The van der Waals surface area contributed by atoms with Crippen LogP contribution in [0.1, 0.15) is 17.7 Å². The summed E-state index contributed by atoms with van der Waals surface area (Å²) in [7, 11) is 1.66. The van der Waals surface area contributed by atoms with Crippen molar-refractivity contribution in [2.45, 2.75) is 31.5 Å². The van der Waals surface area contributed by atoms with Crippen molar-refractivity contribution in [1.82, 2.24) is 20.2 Å². The highest BCUT2D eigenvalue weighted by molar-refractivity contribution is 6.32. The number of hydrogen-bond acceptors (Lipinski definition) is 8. The number of aromatic nitrogens is 2. The number of aliphatic hydroxyl groups excluding tert-OH is 1. The van der Waals surface area contributed by atoms with Gasteiger partial charge in [-0.05, 0) is 43.1 Å². The Morgan fingerprint density at radius 1 is 1.14 bits per heavy atom. The second-order valence-corrected chi connectivity index (χ2v) is 9.09. The summed E-state index contributed by atoms with van der Waals surface area (Å²) in [6.45, 7) is 3.98. The number of methoxy groups -OCH3 is 1. The third-order valence-electron chi connectivity index (χ3n) is 6.51. The van der Waals surface area contributed by atoms with E-state index in [1.807, 2.05) is 24.3 Å². The Labute approximate surface area is 228 Å². The first-order valence-corrected chi connectivity index (χ1v) is 12.0. The minimum absolute atomic E-state index is 0. The van der Waals surface area contributed by atoms with E-state index in [0.29, 0.717) is 37.1 Å². The molecule has 0 aliphatic carbocycles. The van der Waals surface area contributed by atoms with Gasteiger partial charge in [0.25, 0.3) is 0 Å². The zero-order valence-electron chi connectivity index (χ0n) is 20.0. The van der Waals surface area contributed by atoms with Crippen LogP contribution in [0.3, 0.4) is 0 Å². The number of fused-ring (bicyclic) bond motifs is 2. The number of nitrogens with zero attached hydrogens (tertiary/aromatic N) is 3. The van der Waals surface area contributed by atoms with Crippen LogP contribution in [0.25, 0.3) is 10.9 Å². The van der Waals surface area contributed by atoms with Crippen LogP contribution in [0.4, 0.5) is 0 Å². The van der Waals surface area contributed by atoms with Crippen molar-refractivity contribution in [2.24, 2.45) is 0 Å². The number of β-amino-alcohol motifs (C(OH)–C–C–N with tert-alkyl or cyclic N) is 1. The fourth-order valence-electron chi connectivity index (χ4n) is 4.61. The fourth-order valence-corrected chi connectivity index (χ4v) is 4.86. The zero-order valence-corrected chi connectivity index (χ0v) is 22.4. The van der Waals surface area contributed by atoms with Gasteiger partial charge in [-0.25, -0.2) is 0 Å². The first-order chi connectivity index (χ1) is 16.6. The van der Waals surface area contributed by atoms with E-state index in [0.717, 1.165) is 59.6 Å². The Bertz CT molecular complexity index is 1170. The molecule has 4 heterocycles. The maximum Gasteiger partial charge on any atom is 0.179 e. The minimum Gasteiger partial charge on any atom is -0.497 e. The summed E-state index contributed by atoms with van der Waals surface area (Å²) >= 11 is 6.51. The molecule has 5 rings (SSSR count). The predicted octanol–water partition coefficient (Wildman–Crippen LogP) is 3.67. The lowest BCUT2D eigenvalue weighted by Gasteiger charge is -2.36. The van der Waals surface area contributed by atoms with Crippen LogP contribution < -0.4 is 19.5 Å². The van der Waals surface area contributed by atoms with E-state index in [1.54, 1.807) is 19.5 Å². The number of rotatable bonds is 7. The molecule has 0 saturated carbocycles. The number of ether oxygens (including phenoxy) is 3. The van der Waals surface area contributed by atoms with Gasteiger partial charge in [0.15, 0.2) is 11.5 Å². The van der Waals surface area contributed by atoms with Crippen molar-refractivity contribution in [3.63, 3.8) is 0 Å². The standard InChI is InChI=1S/C25H29ClN4O4.2ClH/c1-32-17-2-3-21-19(11-17)18(20(26)13-29-21)4-6-30-7-5-22(23(31)15-30)28-12-16-10-24-25(14-27-16)34-9-8-33-24;;/h2-3,10-11,13-14,22-23,28,31H,4-9,12,15H2,1H3;2*1H/t22-,23+;;/m1../s1. The van der Waals surface area contributed by atoms with Gasteiger partial charge in [-0.15, -0.1) is 24.8 Å². The Kier molecular flexibility index (Phi) is 10.2. The Morgan fingerprint density at radius 3 is 2.72 bits per heavy atom. The van der Waals surface area contributed by atoms with Crippen molar-refractivity contribution in [3.05, 3.63) is 52.9 Å². The number of halogens is 3. The van der Waals surface area contributed by atoms with E-state index in [1.165, 1.54) is 0 Å². The maximum atomic E-state index is 10.8. The molecule has 2 aromatic heterocycles. The Balaban J connectivity index is 0.00000180. The van der Waals surface area contributed by atoms with Crippen molar-refractivity contribution in [3.8, 4) is 17.2 Å². The largest absolute Gasteiger partial charge is 0.497 e. The van der Waals surface area contributed by atoms with Gasteiger partial charge < -0.3 is 29.5 Å². The van der Waals surface area contributed by atoms with Crippen molar-refractivity contribution in [2.75, 3.05) is 40.0 Å². The van der Waals surface area contributed by atoms with Crippen LogP contribution in [-0.2, 0) is 13.0 Å². The maximum absolute atomic E-state index is 10.8. The van der Waals surface area contributed by atoms with Gasteiger partial charge in [0.05, 0.1) is 35.6 Å². The van der Waals surface area contributed by atoms with Crippen molar-refractivity contribution in [1.29, 1.82) is 0 Å². The smallest absolute Gasteiger partial charge is 0.179 e. The first kappa shape index (κ1) is 28.5. The highest BCUT2D eigenvalue weighted by atomic mass is 35.5. The van der Waals surface area contributed by atoms with Crippen molar-refractivity contribution < 1.29 is 19.3 Å². The quantitative estimate of drug-likeness (QED) is 0.455. The molecule has 2 atom stereocenters. The number of hydrogen-bond donors (Lipinski definition) is 2. The van der Waals surface area contributed by atoms with Gasteiger partial charge in [0.1, 0.15) is 19.0 Å². The fraction of sp³-hybridized carbons (Fsp3) is 0.440. The predicted molar refractivity (Wildman–Crippen MR) is 144 cm³/mol. The molecule has 1 fully saturated rings. The molecular weight excluding hydrogens is 527 g/mol. The lowest BCUT2D eigenvalue weighted by molar-refractivity contribution is 0.0403. The number of nitrogens with one attached hydrogen (secondary N) is 1. The molecule has 2 N–H and O–H groups in total. The SMILES string of the molecule is COc1ccc2ncc(Cl)c(CCN3CC[C@@H](NCc4cc5c(cn4)OCCO5)[C@@H](O)C3)c2c1.Cl.Cl. The summed E-state index contributed by atoms with van der Waals surface area (Å²) in [6, 6.07) is 7.76. The van der Waals surface area contributed by atoms with Crippen LogP contribution in [0.5, 0.6) is 17.2 Å². The normalized spacial score (nSPS) is 19.3. The second kappa shape index (κ2) is 12.9. The first-order valence-electron chi connectivity index (χ1n) is 11.6. The molecule has 0 spiro atoms. The van der Waals surface area contributed by atoms with Crippen LogP contribution >= 0.6 is 36.4 Å².